The van der Waals surface area contributed by atoms with Gasteiger partial charge in [-0.2, -0.15) is 0 Å². The number of aliphatic hydroxyl groups excluding tert-OH is 1. The second kappa shape index (κ2) is 31.1. The molecule has 0 radical (unpaired) electrons. The number of hydrogen-bond acceptors (Lipinski definition) is 26. The Morgan fingerprint density at radius 2 is 0.807 bits per heavy atom. The van der Waals surface area contributed by atoms with Crippen LogP contribution in [0.3, 0.4) is 0 Å². The lowest BCUT2D eigenvalue weighted by Crippen LogP contribution is -2.39. The van der Waals surface area contributed by atoms with Crippen molar-refractivity contribution in [2.45, 2.75) is 98.9 Å². The third-order valence-corrected chi connectivity index (χ3v) is 18.7. The van der Waals surface area contributed by atoms with Gasteiger partial charge in [-0.3, -0.25) is 4.79 Å². The molecular weight excluding hydrogens is 1480 g/mol. The fourth-order valence-corrected chi connectivity index (χ4v) is 13.7. The van der Waals surface area contributed by atoms with Gasteiger partial charge in [0.15, 0.2) is 46.0 Å². The summed E-state index contributed by atoms with van der Waals surface area (Å²) in [4.78, 5) is 90.4. The zero-order chi connectivity index (χ0) is 80.1. The molecule has 18 rings (SSSR count). The highest BCUT2D eigenvalue weighted by molar-refractivity contribution is 6.12. The topological polar surface area (TPSA) is 366 Å². The zero-order valence-electron chi connectivity index (χ0n) is 63.1. The van der Waals surface area contributed by atoms with Gasteiger partial charge in [0.2, 0.25) is 27.2 Å². The molecule has 1 amide bonds. The van der Waals surface area contributed by atoms with Crippen LogP contribution in [-0.2, 0) is 22.5 Å². The fraction of sp³-hybridized carbons (Fsp3) is 0.259. The molecule has 5 aliphatic rings. The quantitative estimate of drug-likeness (QED) is 0.0396. The van der Waals surface area contributed by atoms with E-state index in [-0.39, 0.29) is 97.5 Å². The molecule has 0 saturated heterocycles. The van der Waals surface area contributed by atoms with E-state index in [1.807, 2.05) is 84.1 Å². The number of ether oxygens (including phenoxy) is 15. The minimum absolute atomic E-state index is 0.00554. The molecule has 9 heterocycles. The van der Waals surface area contributed by atoms with Gasteiger partial charge in [0.05, 0.1) is 73.0 Å². The van der Waals surface area contributed by atoms with Crippen molar-refractivity contribution < 1.29 is 114 Å². The highest BCUT2D eigenvalue weighted by Gasteiger charge is 2.31. The van der Waals surface area contributed by atoms with E-state index < -0.39 is 46.7 Å². The number of methoxy groups -OCH3 is 2. The Labute approximate surface area is 646 Å². The molecule has 4 N–H and O–H groups in total. The summed E-state index contributed by atoms with van der Waals surface area (Å²) in [6, 6.07) is 33.7. The molecule has 0 spiro atoms. The number of fused-ring (bicyclic) bond motifs is 17. The van der Waals surface area contributed by atoms with Crippen LogP contribution >= 0.6 is 0 Å². The summed E-state index contributed by atoms with van der Waals surface area (Å²) in [5, 5.41) is 27.9. The van der Waals surface area contributed by atoms with Crippen molar-refractivity contribution in [2.75, 3.05) is 48.0 Å². The predicted octanol–water partition coefficient (Wildman–Crippen LogP) is 14.2. The number of hydrogen-bond donors (Lipinski definition) is 4. The average Bonchev–Trinajstić information content (AvgIpc) is 1.15. The lowest BCUT2D eigenvalue weighted by molar-refractivity contribution is 0.0585. The highest BCUT2D eigenvalue weighted by Crippen LogP contribution is 2.48. The number of carbonyl (C=O) groups excluding carboxylic acids is 3. The summed E-state index contributed by atoms with van der Waals surface area (Å²) in [5.41, 5.74) is 4.84. The Morgan fingerprint density at radius 1 is 0.421 bits per heavy atom. The van der Waals surface area contributed by atoms with Crippen molar-refractivity contribution in [2.24, 2.45) is 0 Å². The monoisotopic (exact) mass is 1550 g/mol. The number of carboxylic acid groups (broad SMARTS) is 1. The van der Waals surface area contributed by atoms with Crippen LogP contribution < -0.4 is 83.8 Å². The number of rotatable bonds is 16. The lowest BCUT2D eigenvalue weighted by Gasteiger charge is -2.23. The first-order chi connectivity index (χ1) is 54.9. The number of aromatic carboxylic acids is 1. The van der Waals surface area contributed by atoms with E-state index in [1.165, 1.54) is 32.4 Å². The van der Waals surface area contributed by atoms with Crippen LogP contribution in [0.5, 0.6) is 74.7 Å². The molecule has 0 fully saturated rings. The maximum atomic E-state index is 13.6. The van der Waals surface area contributed by atoms with Gasteiger partial charge in [0, 0.05) is 84.8 Å². The summed E-state index contributed by atoms with van der Waals surface area (Å²) < 4.78 is 98.2. The van der Waals surface area contributed by atoms with Gasteiger partial charge in [-0.1, -0.05) is 18.2 Å². The van der Waals surface area contributed by atoms with E-state index in [0.717, 1.165) is 33.2 Å². The van der Waals surface area contributed by atoms with Gasteiger partial charge < -0.3 is 105 Å². The number of carbonyl (C=O) groups is 4. The largest absolute Gasteiger partial charge is 0.490 e. The van der Waals surface area contributed by atoms with Gasteiger partial charge in [-0.15, -0.1) is 0 Å². The normalized spacial score (nSPS) is 13.3. The Kier molecular flexibility index (Phi) is 20.6. The van der Waals surface area contributed by atoms with Gasteiger partial charge in [-0.05, 0) is 152 Å². The second-order valence-corrected chi connectivity index (χ2v) is 27.8. The first kappa shape index (κ1) is 75.6. The summed E-state index contributed by atoms with van der Waals surface area (Å²) in [7, 11) is 2.65. The molecule has 29 nitrogen and oxygen atoms in total. The van der Waals surface area contributed by atoms with E-state index in [0.29, 0.717) is 136 Å². The molecule has 29 heteroatoms. The molecule has 586 valence electrons. The van der Waals surface area contributed by atoms with Crippen LogP contribution in [0, 0.1) is 0 Å². The Hall–Kier alpha value is -13.8. The SMILES string of the molecule is CC(C)Oc1cc2oc(=O)c3cc4c(cc3c2cc1C(=O)N[C@@H](CO)Cc1c[nH]c2ccccc12)OCO4.CC(C)Oc1cc2oc(=O)c3cc4c(cc3c2cc1C(=O)O)OCO4.COC(=O)c1cc2c(cc1OC(C)C)OCc1cc3c(cc1-2)OCO3.COC(=O)c1cc2c(cc1OC(C)C)oc(=O)c1cc3c(cc12)OCO3. The van der Waals surface area contributed by atoms with Crippen molar-refractivity contribution in [3.05, 3.63) is 192 Å². The molecule has 0 unspecified atom stereocenters. The molecule has 5 aliphatic heterocycles. The van der Waals surface area contributed by atoms with E-state index in [2.05, 4.69) is 10.3 Å². The van der Waals surface area contributed by atoms with Crippen molar-refractivity contribution >= 4 is 99.9 Å². The zero-order valence-corrected chi connectivity index (χ0v) is 63.1. The third kappa shape index (κ3) is 14.9. The van der Waals surface area contributed by atoms with Gasteiger partial charge in [0.1, 0.15) is 68.8 Å². The first-order valence-electron chi connectivity index (χ1n) is 36.2. The number of esters is 2. The maximum Gasteiger partial charge on any atom is 0.344 e. The van der Waals surface area contributed by atoms with Gasteiger partial charge >= 0.3 is 34.8 Å². The molecule has 9 aromatic carbocycles. The summed E-state index contributed by atoms with van der Waals surface area (Å²) in [6.07, 6.45) is 1.61. The van der Waals surface area contributed by atoms with Crippen LogP contribution in [0.15, 0.2) is 155 Å². The minimum atomic E-state index is -1.13. The molecule has 0 bridgehead atoms. The highest BCUT2D eigenvalue weighted by atomic mass is 16.7. The second-order valence-electron chi connectivity index (χ2n) is 27.8. The lowest BCUT2D eigenvalue weighted by atomic mass is 9.94. The number of aliphatic hydroxyl groups is 1. The number of nitrogens with one attached hydrogen (secondary N) is 2. The number of para-hydroxylation sites is 1. The first-order valence-corrected chi connectivity index (χ1v) is 36.2. The van der Waals surface area contributed by atoms with Crippen LogP contribution in [0.4, 0.5) is 0 Å². The summed E-state index contributed by atoms with van der Waals surface area (Å²) in [6.45, 7) is 15.3. The number of H-pyrrole nitrogens is 1. The molecule has 4 aromatic heterocycles. The fourth-order valence-electron chi connectivity index (χ4n) is 13.7. The molecule has 13 aromatic rings. The smallest absolute Gasteiger partial charge is 0.344 e. The molecule has 0 aliphatic carbocycles. The average molecular weight is 1560 g/mol. The molecule has 0 saturated carbocycles. The number of benzene rings is 9. The van der Waals surface area contributed by atoms with E-state index in [1.54, 1.807) is 80.6 Å². The van der Waals surface area contributed by atoms with Gasteiger partial charge in [-0.25, -0.2) is 28.8 Å². The van der Waals surface area contributed by atoms with E-state index in [9.17, 15) is 43.8 Å². The molecule has 114 heavy (non-hydrogen) atoms. The summed E-state index contributed by atoms with van der Waals surface area (Å²) in [5.74, 6) is 3.64. The van der Waals surface area contributed by atoms with E-state index in [4.69, 9.17) is 84.3 Å². The number of amides is 1. The Balaban J connectivity index is 0.000000122. The maximum absolute atomic E-state index is 13.6. The Bertz CT molecular complexity index is 6270. The van der Waals surface area contributed by atoms with Crippen LogP contribution in [0.1, 0.15) is 108 Å². The van der Waals surface area contributed by atoms with Crippen molar-refractivity contribution in [1.82, 2.24) is 10.3 Å². The standard InChI is InChI=1S/C29H26N2O7.C19H16O7.C19H18O6.C18H14O7/c1-15(2)37-25-11-24-20(19-9-26-27(36-14-35-26)10-21(19)29(34)38-24)8-22(25)28(33)31-17(13-32)7-16-12-30-23-6-4-3-5-18(16)23;1-9(2)25-15-7-14-11(4-13(15)18(20)22-3)10-5-16-17(24-8-23-16)6-12(10)19(21)26-14;1-10(2)25-16-7-15-13(5-14(16)19(20)21-3)12-6-18-17(23-9-24-18)4-11(12)8-22-15;1-8(2)24-14-6-13-10(3-12(14)17(19)20)9-4-15-16(23-7-22-15)5-11(9)18(21)25-13/h3-6,8-12,15,17,30,32H,7,13-14H2,1-2H3,(H,31,33);4-7,9H,8H2,1-3H3;4-7,10H,8-9H2,1-3H3;3-6,8H,7H2,1-2H3,(H,19,20)/t17-;;;/m1.../s1. The van der Waals surface area contributed by atoms with Gasteiger partial charge in [0.25, 0.3) is 5.91 Å². The van der Waals surface area contributed by atoms with E-state index >= 15 is 0 Å². The minimum Gasteiger partial charge on any atom is -0.490 e. The Morgan fingerprint density at radius 3 is 1.25 bits per heavy atom. The van der Waals surface area contributed by atoms with Crippen LogP contribution in [-0.4, -0.2) is 117 Å². The number of aromatic nitrogens is 1. The van der Waals surface area contributed by atoms with Crippen molar-refractivity contribution in [1.29, 1.82) is 0 Å². The van der Waals surface area contributed by atoms with Crippen molar-refractivity contribution in [3.8, 4) is 85.9 Å². The van der Waals surface area contributed by atoms with Crippen LogP contribution in [0.2, 0.25) is 0 Å². The molecule has 1 atom stereocenters. The summed E-state index contributed by atoms with van der Waals surface area (Å²) >= 11 is 0. The third-order valence-electron chi connectivity index (χ3n) is 18.7. The van der Waals surface area contributed by atoms with Crippen LogP contribution in [0.25, 0.3) is 87.3 Å². The molecular formula is C85H74N2O27. The number of carboxylic acids is 1. The predicted molar refractivity (Wildman–Crippen MR) is 414 cm³/mol. The number of aromatic amines is 1. The van der Waals surface area contributed by atoms with Crippen molar-refractivity contribution in [3.63, 3.8) is 0 Å².